The number of carbonyl (C=O) groups is 1. The van der Waals surface area contributed by atoms with Gasteiger partial charge in [-0.1, -0.05) is 30.3 Å². The average Bonchev–Trinajstić information content (AvgIpc) is 3.24. The van der Waals surface area contributed by atoms with Gasteiger partial charge < -0.3 is 18.3 Å². The molecule has 0 unspecified atom stereocenters. The molecule has 0 bridgehead atoms. The first-order chi connectivity index (χ1) is 16.0. The van der Waals surface area contributed by atoms with Gasteiger partial charge in [-0.15, -0.1) is 0 Å². The molecule has 5 rings (SSSR count). The molecule has 0 N–H and O–H groups in total. The zero-order chi connectivity index (χ0) is 23.1. The molecule has 2 aromatic heterocycles. The molecule has 164 valence electrons. The van der Waals surface area contributed by atoms with Gasteiger partial charge in [0.1, 0.15) is 22.7 Å². The van der Waals surface area contributed by atoms with Crippen molar-refractivity contribution in [3.63, 3.8) is 0 Å². The number of furan rings is 1. The number of ether oxygens (including phenoxy) is 2. The van der Waals surface area contributed by atoms with Crippen molar-refractivity contribution in [3.05, 3.63) is 94.0 Å². The van der Waals surface area contributed by atoms with Crippen LogP contribution in [0.5, 0.6) is 11.5 Å². The molecule has 33 heavy (non-hydrogen) atoms. The molecule has 6 nitrogen and oxygen atoms in total. The molecule has 6 heteroatoms. The second kappa shape index (κ2) is 7.98. The van der Waals surface area contributed by atoms with Crippen LogP contribution in [-0.4, -0.2) is 20.0 Å². The summed E-state index contributed by atoms with van der Waals surface area (Å²) in [5.41, 5.74) is 2.82. The van der Waals surface area contributed by atoms with Crippen molar-refractivity contribution in [1.29, 1.82) is 0 Å². The van der Waals surface area contributed by atoms with Gasteiger partial charge in [-0.05, 0) is 42.3 Å². The van der Waals surface area contributed by atoms with E-state index in [1.807, 2.05) is 43.3 Å². The molecule has 0 saturated carbocycles. The van der Waals surface area contributed by atoms with Gasteiger partial charge in [0.15, 0.2) is 5.76 Å². The molecule has 0 amide bonds. The highest BCUT2D eigenvalue weighted by Crippen LogP contribution is 2.41. The number of benzene rings is 3. The number of carbonyl (C=O) groups excluding carboxylic acids is 1. The lowest BCUT2D eigenvalue weighted by molar-refractivity contribution is 0.101. The summed E-state index contributed by atoms with van der Waals surface area (Å²) in [6, 6.07) is 19.5. The van der Waals surface area contributed by atoms with E-state index in [1.54, 1.807) is 31.4 Å². The summed E-state index contributed by atoms with van der Waals surface area (Å²) in [4.78, 5) is 26.0. The molecule has 2 heterocycles. The minimum Gasteiger partial charge on any atom is -0.497 e. The molecule has 5 aromatic rings. The molecule has 0 fully saturated rings. The maximum absolute atomic E-state index is 13.8. The van der Waals surface area contributed by atoms with Gasteiger partial charge in [0.2, 0.25) is 5.78 Å². The molecule has 3 aromatic carbocycles. The summed E-state index contributed by atoms with van der Waals surface area (Å²) >= 11 is 0. The fourth-order valence-electron chi connectivity index (χ4n) is 4.11. The number of hydrogen-bond acceptors (Lipinski definition) is 6. The van der Waals surface area contributed by atoms with E-state index in [1.165, 1.54) is 13.2 Å². The Balaban J connectivity index is 1.86. The van der Waals surface area contributed by atoms with E-state index in [2.05, 4.69) is 0 Å². The van der Waals surface area contributed by atoms with Crippen LogP contribution in [0.1, 0.15) is 21.7 Å². The maximum Gasteiger partial charge on any atom is 0.336 e. The molecule has 0 aliphatic rings. The number of ketones is 1. The molecule has 0 atom stereocenters. The smallest absolute Gasteiger partial charge is 0.336 e. The Morgan fingerprint density at radius 1 is 0.879 bits per heavy atom. The Hall–Kier alpha value is -4.32. The Labute approximate surface area is 189 Å². The Bertz CT molecular complexity index is 1570. The van der Waals surface area contributed by atoms with Crippen LogP contribution in [0.3, 0.4) is 0 Å². The summed E-state index contributed by atoms with van der Waals surface area (Å²) in [5.74, 6) is 0.717. The normalized spacial score (nSPS) is 11.1. The zero-order valence-electron chi connectivity index (χ0n) is 18.3. The Kier molecular flexibility index (Phi) is 4.98. The lowest BCUT2D eigenvalue weighted by Crippen LogP contribution is -2.05. The summed E-state index contributed by atoms with van der Waals surface area (Å²) < 4.78 is 22.4. The minimum atomic E-state index is -0.461. The minimum absolute atomic E-state index is 0.135. The van der Waals surface area contributed by atoms with E-state index < -0.39 is 5.63 Å². The highest BCUT2D eigenvalue weighted by atomic mass is 16.5. The van der Waals surface area contributed by atoms with Crippen LogP contribution in [0.25, 0.3) is 33.1 Å². The van der Waals surface area contributed by atoms with Crippen molar-refractivity contribution in [2.75, 3.05) is 14.2 Å². The van der Waals surface area contributed by atoms with Gasteiger partial charge in [-0.25, -0.2) is 4.79 Å². The Morgan fingerprint density at radius 2 is 1.67 bits per heavy atom. The first-order valence-electron chi connectivity index (χ1n) is 10.3. The second-order valence-corrected chi connectivity index (χ2v) is 7.63. The predicted molar refractivity (Wildman–Crippen MR) is 125 cm³/mol. The standard InChI is InChI=1S/C27H20O6/c1-15-13-22(28)33-26-18(15)11-12-20-24(26)23(16-7-5-4-6-8-16)27(32-20)25(29)19-10-9-17(30-2)14-21(19)31-3/h4-14H,1-3H3. The van der Waals surface area contributed by atoms with Crippen LogP contribution >= 0.6 is 0 Å². The van der Waals surface area contributed by atoms with E-state index in [0.717, 1.165) is 16.5 Å². The topological polar surface area (TPSA) is 78.9 Å². The van der Waals surface area contributed by atoms with E-state index in [0.29, 0.717) is 39.2 Å². The number of fused-ring (bicyclic) bond motifs is 3. The molecular weight excluding hydrogens is 420 g/mol. The van der Waals surface area contributed by atoms with Crippen molar-refractivity contribution >= 4 is 27.7 Å². The van der Waals surface area contributed by atoms with Gasteiger partial charge >= 0.3 is 5.63 Å². The Morgan fingerprint density at radius 3 is 2.39 bits per heavy atom. The van der Waals surface area contributed by atoms with Crippen LogP contribution in [0.15, 0.2) is 80.4 Å². The van der Waals surface area contributed by atoms with E-state index in [4.69, 9.17) is 18.3 Å². The van der Waals surface area contributed by atoms with Gasteiger partial charge in [0.05, 0.1) is 25.2 Å². The average molecular weight is 440 g/mol. The van der Waals surface area contributed by atoms with E-state index in [-0.39, 0.29) is 11.5 Å². The highest BCUT2D eigenvalue weighted by molar-refractivity contribution is 6.20. The fourth-order valence-corrected chi connectivity index (χ4v) is 4.11. The third-order valence-corrected chi connectivity index (χ3v) is 5.69. The van der Waals surface area contributed by atoms with Gasteiger partial charge in [-0.2, -0.15) is 0 Å². The number of rotatable bonds is 5. The van der Waals surface area contributed by atoms with Gasteiger partial charge in [0, 0.05) is 23.1 Å². The first-order valence-corrected chi connectivity index (χ1v) is 10.3. The fraction of sp³-hybridized carbons (Fsp3) is 0.111. The molecular formula is C27H20O6. The van der Waals surface area contributed by atoms with Crippen LogP contribution in [0.4, 0.5) is 0 Å². The van der Waals surface area contributed by atoms with E-state index in [9.17, 15) is 9.59 Å². The van der Waals surface area contributed by atoms with Crippen molar-refractivity contribution in [3.8, 4) is 22.6 Å². The molecule has 0 saturated heterocycles. The predicted octanol–water partition coefficient (Wildman–Crippen LogP) is 5.76. The zero-order valence-corrected chi connectivity index (χ0v) is 18.3. The molecule has 0 radical (unpaired) electrons. The highest BCUT2D eigenvalue weighted by Gasteiger charge is 2.27. The molecule has 0 spiro atoms. The van der Waals surface area contributed by atoms with Crippen LogP contribution < -0.4 is 15.1 Å². The van der Waals surface area contributed by atoms with Gasteiger partial charge in [0.25, 0.3) is 0 Å². The van der Waals surface area contributed by atoms with Crippen molar-refractivity contribution < 1.29 is 23.1 Å². The monoisotopic (exact) mass is 440 g/mol. The summed E-state index contributed by atoms with van der Waals surface area (Å²) in [7, 11) is 3.04. The number of aryl methyl sites for hydroxylation is 1. The number of hydrogen-bond donors (Lipinski definition) is 0. The third-order valence-electron chi connectivity index (χ3n) is 5.69. The quantitative estimate of drug-likeness (QED) is 0.255. The van der Waals surface area contributed by atoms with Gasteiger partial charge in [-0.3, -0.25) is 4.79 Å². The molecule has 0 aliphatic heterocycles. The first kappa shape index (κ1) is 20.6. The second-order valence-electron chi connectivity index (χ2n) is 7.63. The molecule has 0 aliphatic carbocycles. The lowest BCUT2D eigenvalue weighted by Gasteiger charge is -2.10. The van der Waals surface area contributed by atoms with Crippen LogP contribution in [0.2, 0.25) is 0 Å². The lowest BCUT2D eigenvalue weighted by atomic mass is 9.96. The maximum atomic E-state index is 13.8. The van der Waals surface area contributed by atoms with Crippen molar-refractivity contribution in [2.45, 2.75) is 6.92 Å². The summed E-state index contributed by atoms with van der Waals surface area (Å²) in [6.07, 6.45) is 0. The third kappa shape index (κ3) is 3.36. The van der Waals surface area contributed by atoms with Crippen LogP contribution in [0, 0.1) is 6.92 Å². The van der Waals surface area contributed by atoms with E-state index >= 15 is 0 Å². The summed E-state index contributed by atoms with van der Waals surface area (Å²) in [5, 5.41) is 1.36. The SMILES string of the molecule is COc1ccc(C(=O)c2oc3ccc4c(C)cc(=O)oc4c3c2-c2ccccc2)c(OC)c1. The van der Waals surface area contributed by atoms with Crippen molar-refractivity contribution in [1.82, 2.24) is 0 Å². The number of methoxy groups -OCH3 is 2. The van der Waals surface area contributed by atoms with Crippen LogP contribution in [-0.2, 0) is 0 Å². The summed E-state index contributed by atoms with van der Waals surface area (Å²) in [6.45, 7) is 1.85. The largest absolute Gasteiger partial charge is 0.497 e. The van der Waals surface area contributed by atoms with Crippen molar-refractivity contribution in [2.24, 2.45) is 0 Å².